The van der Waals surface area contributed by atoms with Gasteiger partial charge in [-0.3, -0.25) is 9.59 Å². The second kappa shape index (κ2) is 7.92. The average molecular weight is 263 g/mol. The van der Waals surface area contributed by atoms with E-state index in [9.17, 15) is 9.59 Å². The van der Waals surface area contributed by atoms with Crippen molar-refractivity contribution in [3.63, 3.8) is 0 Å². The number of amides is 1. The molecule has 0 aliphatic rings. The first kappa shape index (κ1) is 14.8. The Labute approximate surface area is 111 Å². The van der Waals surface area contributed by atoms with Gasteiger partial charge < -0.3 is 15.2 Å². The lowest BCUT2D eigenvalue weighted by Crippen LogP contribution is -2.24. The van der Waals surface area contributed by atoms with E-state index in [0.717, 1.165) is 5.56 Å². The van der Waals surface area contributed by atoms with Crippen LogP contribution in [0.15, 0.2) is 30.3 Å². The Hall–Kier alpha value is -2.30. The molecule has 5 nitrogen and oxygen atoms in total. The van der Waals surface area contributed by atoms with Crippen LogP contribution in [0.1, 0.15) is 18.9 Å². The third kappa shape index (κ3) is 6.26. The summed E-state index contributed by atoms with van der Waals surface area (Å²) in [6.07, 6.45) is 3.16. The fourth-order valence-electron chi connectivity index (χ4n) is 1.34. The highest BCUT2D eigenvalue weighted by Gasteiger charge is 2.02. The standard InChI is InChI=1S/C14H17NO4/c1-2-19-14(18)9-10-15-13(17)8-5-11-3-6-12(16)7-4-11/h3-8,16H,2,9-10H2,1H3,(H,15,17). The van der Waals surface area contributed by atoms with Crippen LogP contribution in [-0.2, 0) is 14.3 Å². The third-order valence-corrected chi connectivity index (χ3v) is 2.25. The smallest absolute Gasteiger partial charge is 0.307 e. The molecule has 0 heterocycles. The van der Waals surface area contributed by atoms with Crippen molar-refractivity contribution < 1.29 is 19.4 Å². The van der Waals surface area contributed by atoms with E-state index in [1.807, 2.05) is 0 Å². The molecular weight excluding hydrogens is 246 g/mol. The van der Waals surface area contributed by atoms with Gasteiger partial charge in [-0.15, -0.1) is 0 Å². The van der Waals surface area contributed by atoms with Gasteiger partial charge in [-0.1, -0.05) is 12.1 Å². The van der Waals surface area contributed by atoms with Crippen LogP contribution < -0.4 is 5.32 Å². The third-order valence-electron chi connectivity index (χ3n) is 2.25. The summed E-state index contributed by atoms with van der Waals surface area (Å²) in [6, 6.07) is 6.46. The van der Waals surface area contributed by atoms with Gasteiger partial charge in [-0.05, 0) is 30.7 Å². The highest BCUT2D eigenvalue weighted by atomic mass is 16.5. The normalized spacial score (nSPS) is 10.4. The van der Waals surface area contributed by atoms with Crippen LogP contribution in [0.5, 0.6) is 5.75 Å². The molecule has 0 unspecified atom stereocenters. The van der Waals surface area contributed by atoms with Gasteiger partial charge in [-0.25, -0.2) is 0 Å². The van der Waals surface area contributed by atoms with Crippen LogP contribution in [0.2, 0.25) is 0 Å². The average Bonchev–Trinajstić information content (AvgIpc) is 2.38. The predicted molar refractivity (Wildman–Crippen MR) is 71.4 cm³/mol. The maximum Gasteiger partial charge on any atom is 0.307 e. The van der Waals surface area contributed by atoms with E-state index in [1.54, 1.807) is 37.3 Å². The van der Waals surface area contributed by atoms with Crippen molar-refractivity contribution in [2.24, 2.45) is 0 Å². The van der Waals surface area contributed by atoms with Gasteiger partial charge in [0.15, 0.2) is 0 Å². The fraction of sp³-hybridized carbons (Fsp3) is 0.286. The van der Waals surface area contributed by atoms with Gasteiger partial charge in [0.1, 0.15) is 5.75 Å². The maximum absolute atomic E-state index is 11.4. The van der Waals surface area contributed by atoms with E-state index in [1.165, 1.54) is 6.08 Å². The van der Waals surface area contributed by atoms with Gasteiger partial charge in [0.05, 0.1) is 13.0 Å². The minimum atomic E-state index is -0.328. The Balaban J connectivity index is 2.31. The second-order valence-electron chi connectivity index (χ2n) is 3.77. The van der Waals surface area contributed by atoms with Gasteiger partial charge in [0, 0.05) is 12.6 Å². The highest BCUT2D eigenvalue weighted by Crippen LogP contribution is 2.10. The van der Waals surface area contributed by atoms with Gasteiger partial charge in [0.25, 0.3) is 0 Å². The van der Waals surface area contributed by atoms with Crippen molar-refractivity contribution in [2.45, 2.75) is 13.3 Å². The van der Waals surface area contributed by atoms with E-state index < -0.39 is 0 Å². The lowest BCUT2D eigenvalue weighted by Gasteiger charge is -2.02. The van der Waals surface area contributed by atoms with Crippen LogP contribution in [0.4, 0.5) is 0 Å². The molecule has 2 N–H and O–H groups in total. The van der Waals surface area contributed by atoms with Crippen LogP contribution in [0, 0.1) is 0 Å². The number of esters is 1. The van der Waals surface area contributed by atoms with Crippen molar-refractivity contribution in [3.8, 4) is 5.75 Å². The first-order valence-corrected chi connectivity index (χ1v) is 6.02. The minimum Gasteiger partial charge on any atom is -0.508 e. The zero-order valence-corrected chi connectivity index (χ0v) is 10.8. The molecule has 0 saturated heterocycles. The molecule has 0 aliphatic carbocycles. The molecule has 0 aliphatic heterocycles. The number of ether oxygens (including phenoxy) is 1. The largest absolute Gasteiger partial charge is 0.508 e. The molecule has 1 rings (SSSR count). The summed E-state index contributed by atoms with van der Waals surface area (Å²) in [7, 11) is 0. The fourth-order valence-corrected chi connectivity index (χ4v) is 1.34. The molecule has 0 radical (unpaired) electrons. The molecule has 0 fully saturated rings. The lowest BCUT2D eigenvalue weighted by molar-refractivity contribution is -0.142. The number of phenols is 1. The van der Waals surface area contributed by atoms with Crippen LogP contribution in [0.25, 0.3) is 6.08 Å². The van der Waals surface area contributed by atoms with Crippen LogP contribution in [-0.4, -0.2) is 30.1 Å². The minimum absolute atomic E-state index is 0.159. The van der Waals surface area contributed by atoms with Crippen molar-refractivity contribution in [2.75, 3.05) is 13.2 Å². The number of hydrogen-bond acceptors (Lipinski definition) is 4. The number of phenolic OH excluding ortho intramolecular Hbond substituents is 1. The molecule has 0 saturated carbocycles. The van der Waals surface area contributed by atoms with Crippen molar-refractivity contribution >= 4 is 18.0 Å². The molecule has 0 spiro atoms. The van der Waals surface area contributed by atoms with E-state index >= 15 is 0 Å². The summed E-state index contributed by atoms with van der Waals surface area (Å²) in [5, 5.41) is 11.7. The molecule has 0 bridgehead atoms. The molecule has 0 atom stereocenters. The van der Waals surface area contributed by atoms with E-state index in [0.29, 0.717) is 6.61 Å². The molecule has 19 heavy (non-hydrogen) atoms. The number of benzene rings is 1. The van der Waals surface area contributed by atoms with E-state index in [-0.39, 0.29) is 30.6 Å². The number of hydrogen-bond donors (Lipinski definition) is 2. The SMILES string of the molecule is CCOC(=O)CCNC(=O)C=Cc1ccc(O)cc1. The number of nitrogens with one attached hydrogen (secondary N) is 1. The highest BCUT2D eigenvalue weighted by molar-refractivity contribution is 5.91. The molecule has 102 valence electrons. The summed E-state index contributed by atoms with van der Waals surface area (Å²) < 4.78 is 4.73. The van der Waals surface area contributed by atoms with Gasteiger partial charge in [0.2, 0.25) is 5.91 Å². The summed E-state index contributed by atoms with van der Waals surface area (Å²) in [6.45, 7) is 2.32. The number of carbonyl (C=O) groups is 2. The monoisotopic (exact) mass is 263 g/mol. The molecule has 1 aromatic rings. The Kier molecular flexibility index (Phi) is 6.15. The molecular formula is C14H17NO4. The Morgan fingerprint density at radius 2 is 2.00 bits per heavy atom. The molecule has 5 heteroatoms. The molecule has 1 amide bonds. The number of aromatic hydroxyl groups is 1. The van der Waals surface area contributed by atoms with E-state index in [2.05, 4.69) is 5.32 Å². The Morgan fingerprint density at radius 1 is 1.32 bits per heavy atom. The van der Waals surface area contributed by atoms with Crippen molar-refractivity contribution in [3.05, 3.63) is 35.9 Å². The van der Waals surface area contributed by atoms with Crippen LogP contribution >= 0.6 is 0 Å². The molecule has 0 aromatic heterocycles. The Bertz CT molecular complexity index is 451. The van der Waals surface area contributed by atoms with Crippen molar-refractivity contribution in [1.82, 2.24) is 5.32 Å². The maximum atomic E-state index is 11.4. The number of carbonyl (C=O) groups excluding carboxylic acids is 2. The van der Waals surface area contributed by atoms with Gasteiger partial charge in [-0.2, -0.15) is 0 Å². The Morgan fingerprint density at radius 3 is 2.63 bits per heavy atom. The number of rotatable bonds is 6. The van der Waals surface area contributed by atoms with Gasteiger partial charge >= 0.3 is 5.97 Å². The summed E-state index contributed by atoms with van der Waals surface area (Å²) >= 11 is 0. The summed E-state index contributed by atoms with van der Waals surface area (Å²) in [5.74, 6) is -0.432. The zero-order chi connectivity index (χ0) is 14.1. The van der Waals surface area contributed by atoms with Crippen molar-refractivity contribution in [1.29, 1.82) is 0 Å². The first-order valence-electron chi connectivity index (χ1n) is 6.02. The zero-order valence-electron chi connectivity index (χ0n) is 10.8. The quantitative estimate of drug-likeness (QED) is 0.602. The topological polar surface area (TPSA) is 75.6 Å². The van der Waals surface area contributed by atoms with Crippen LogP contribution in [0.3, 0.4) is 0 Å². The lowest BCUT2D eigenvalue weighted by atomic mass is 10.2. The first-order chi connectivity index (χ1) is 9.11. The molecule has 1 aromatic carbocycles. The summed E-state index contributed by atoms with van der Waals surface area (Å²) in [4.78, 5) is 22.4. The van der Waals surface area contributed by atoms with E-state index in [4.69, 9.17) is 9.84 Å². The summed E-state index contributed by atoms with van der Waals surface area (Å²) in [5.41, 5.74) is 0.804. The second-order valence-corrected chi connectivity index (χ2v) is 3.77. The predicted octanol–water partition coefficient (Wildman–Crippen LogP) is 1.47.